The van der Waals surface area contributed by atoms with Crippen molar-refractivity contribution in [3.05, 3.63) is 65.7 Å². The van der Waals surface area contributed by atoms with Crippen molar-refractivity contribution in [3.8, 4) is 0 Å². The van der Waals surface area contributed by atoms with Crippen molar-refractivity contribution in [2.24, 2.45) is 5.73 Å². The van der Waals surface area contributed by atoms with Gasteiger partial charge in [0.15, 0.2) is 6.29 Å². The van der Waals surface area contributed by atoms with Gasteiger partial charge in [0.1, 0.15) is 0 Å². The summed E-state index contributed by atoms with van der Waals surface area (Å²) in [5.41, 5.74) is 8.59. The van der Waals surface area contributed by atoms with Gasteiger partial charge in [-0.2, -0.15) is 0 Å². The van der Waals surface area contributed by atoms with E-state index in [9.17, 15) is 9.59 Å². The Morgan fingerprint density at radius 2 is 1.62 bits per heavy atom. The smallest absolute Gasteiger partial charge is 0.241 e. The number of rotatable bonds is 15. The number of anilines is 1. The standard InChI is InChI=1S/C27H39N3O4/c1-4-33-26(34-5-2)20-30(19-18-22-12-7-6-8-13-22)25(31)17-11-15-23-14-9-10-16-24(23)29-27(32)21(3)28/h6-10,12-14,16,21,26H,4-5,11,15,17-20,28H2,1-3H3,(H,29,32)/t21-/m0/s1. The summed E-state index contributed by atoms with van der Waals surface area (Å²) in [7, 11) is 0. The van der Waals surface area contributed by atoms with E-state index in [1.807, 2.05) is 61.2 Å². The molecule has 1 atom stereocenters. The summed E-state index contributed by atoms with van der Waals surface area (Å²) in [5, 5.41) is 2.87. The summed E-state index contributed by atoms with van der Waals surface area (Å²) < 4.78 is 11.4. The third-order valence-electron chi connectivity index (χ3n) is 5.47. The van der Waals surface area contributed by atoms with Crippen molar-refractivity contribution >= 4 is 17.5 Å². The number of benzene rings is 2. The second-order valence-corrected chi connectivity index (χ2v) is 8.20. The number of hydrogen-bond acceptors (Lipinski definition) is 5. The molecule has 2 aromatic carbocycles. The van der Waals surface area contributed by atoms with E-state index in [1.165, 1.54) is 5.56 Å². The number of aryl methyl sites for hydroxylation is 1. The Balaban J connectivity index is 2.00. The zero-order valence-corrected chi connectivity index (χ0v) is 20.7. The lowest BCUT2D eigenvalue weighted by atomic mass is 10.0. The normalized spacial score (nSPS) is 11.9. The molecule has 0 aliphatic carbocycles. The van der Waals surface area contributed by atoms with Gasteiger partial charge in [-0.15, -0.1) is 0 Å². The Morgan fingerprint density at radius 1 is 0.971 bits per heavy atom. The molecule has 0 saturated carbocycles. The lowest BCUT2D eigenvalue weighted by Gasteiger charge is -2.27. The Hall–Kier alpha value is -2.74. The molecule has 2 amide bonds. The SMILES string of the molecule is CCOC(CN(CCc1ccccc1)C(=O)CCCc1ccccc1NC(=O)[C@H](C)N)OCC. The molecule has 0 aromatic heterocycles. The lowest BCUT2D eigenvalue weighted by Crippen LogP contribution is -2.41. The van der Waals surface area contributed by atoms with E-state index in [1.54, 1.807) is 6.92 Å². The lowest BCUT2D eigenvalue weighted by molar-refractivity contribution is -0.158. The van der Waals surface area contributed by atoms with Crippen LogP contribution in [0.15, 0.2) is 54.6 Å². The molecule has 2 rings (SSSR count). The summed E-state index contributed by atoms with van der Waals surface area (Å²) in [5.74, 6) is -0.161. The summed E-state index contributed by atoms with van der Waals surface area (Å²) in [6.45, 7) is 7.53. The number of carbonyl (C=O) groups is 2. The molecule has 0 saturated heterocycles. The average Bonchev–Trinajstić information content (AvgIpc) is 2.83. The summed E-state index contributed by atoms with van der Waals surface area (Å²) in [6.07, 6.45) is 2.07. The highest BCUT2D eigenvalue weighted by atomic mass is 16.7. The Labute approximate surface area is 203 Å². The molecule has 7 heteroatoms. The second kappa shape index (κ2) is 15.2. The van der Waals surface area contributed by atoms with Crippen LogP contribution in [0, 0.1) is 0 Å². The Morgan fingerprint density at radius 3 is 2.26 bits per heavy atom. The van der Waals surface area contributed by atoms with Gasteiger partial charge in [0.05, 0.1) is 12.6 Å². The predicted octanol–water partition coefficient (Wildman–Crippen LogP) is 3.77. The van der Waals surface area contributed by atoms with Gasteiger partial charge in [-0.3, -0.25) is 9.59 Å². The van der Waals surface area contributed by atoms with E-state index >= 15 is 0 Å². The highest BCUT2D eigenvalue weighted by Crippen LogP contribution is 2.18. The van der Waals surface area contributed by atoms with E-state index in [0.717, 1.165) is 17.7 Å². The van der Waals surface area contributed by atoms with Crippen LogP contribution in [0.4, 0.5) is 5.69 Å². The molecule has 3 N–H and O–H groups in total. The molecule has 34 heavy (non-hydrogen) atoms. The quantitative estimate of drug-likeness (QED) is 0.387. The van der Waals surface area contributed by atoms with Crippen molar-refractivity contribution in [3.63, 3.8) is 0 Å². The minimum atomic E-state index is -0.587. The first kappa shape index (κ1) is 27.5. The molecule has 0 heterocycles. The van der Waals surface area contributed by atoms with Gasteiger partial charge in [0.25, 0.3) is 0 Å². The van der Waals surface area contributed by atoms with Crippen LogP contribution in [0.25, 0.3) is 0 Å². The van der Waals surface area contributed by atoms with Crippen LogP contribution >= 0.6 is 0 Å². The van der Waals surface area contributed by atoms with E-state index in [4.69, 9.17) is 15.2 Å². The van der Waals surface area contributed by atoms with Crippen molar-refractivity contribution < 1.29 is 19.1 Å². The van der Waals surface area contributed by atoms with Gasteiger partial charge in [-0.1, -0.05) is 48.5 Å². The fourth-order valence-corrected chi connectivity index (χ4v) is 3.63. The van der Waals surface area contributed by atoms with Crippen LogP contribution in [-0.2, 0) is 31.9 Å². The van der Waals surface area contributed by atoms with Crippen molar-refractivity contribution in [2.75, 3.05) is 31.6 Å². The minimum absolute atomic E-state index is 0.0671. The van der Waals surface area contributed by atoms with E-state index in [-0.39, 0.29) is 11.8 Å². The molecule has 0 fully saturated rings. The number of nitrogens with zero attached hydrogens (tertiary/aromatic N) is 1. The maximum Gasteiger partial charge on any atom is 0.241 e. The third-order valence-corrected chi connectivity index (χ3v) is 5.47. The Bertz CT molecular complexity index is 867. The second-order valence-electron chi connectivity index (χ2n) is 8.20. The van der Waals surface area contributed by atoms with Gasteiger partial charge >= 0.3 is 0 Å². The van der Waals surface area contributed by atoms with Crippen molar-refractivity contribution in [1.82, 2.24) is 4.90 Å². The number of nitrogens with one attached hydrogen (secondary N) is 1. The molecule has 7 nitrogen and oxygen atoms in total. The van der Waals surface area contributed by atoms with Crippen LogP contribution in [-0.4, -0.2) is 55.3 Å². The van der Waals surface area contributed by atoms with Crippen LogP contribution in [0.2, 0.25) is 0 Å². The first-order chi connectivity index (χ1) is 16.4. The van der Waals surface area contributed by atoms with Crippen molar-refractivity contribution in [2.45, 2.75) is 58.8 Å². The molecule has 0 aliphatic heterocycles. The molecule has 0 unspecified atom stereocenters. The van der Waals surface area contributed by atoms with Crippen LogP contribution in [0.3, 0.4) is 0 Å². The topological polar surface area (TPSA) is 93.9 Å². The number of nitrogens with two attached hydrogens (primary N) is 1. The molecule has 2 aromatic rings. The number of carbonyl (C=O) groups excluding carboxylic acids is 2. The number of para-hydroxylation sites is 1. The fraction of sp³-hybridized carbons (Fsp3) is 0.481. The largest absolute Gasteiger partial charge is 0.351 e. The number of hydrogen-bond donors (Lipinski definition) is 2. The maximum atomic E-state index is 13.2. The highest BCUT2D eigenvalue weighted by Gasteiger charge is 2.20. The average molecular weight is 470 g/mol. The molecule has 0 spiro atoms. The molecular formula is C27H39N3O4. The fourth-order valence-electron chi connectivity index (χ4n) is 3.63. The number of amides is 2. The van der Waals surface area contributed by atoms with E-state index < -0.39 is 12.3 Å². The van der Waals surface area contributed by atoms with Crippen LogP contribution in [0.5, 0.6) is 0 Å². The maximum absolute atomic E-state index is 13.2. The first-order valence-corrected chi connectivity index (χ1v) is 12.1. The predicted molar refractivity (Wildman–Crippen MR) is 135 cm³/mol. The summed E-state index contributed by atoms with van der Waals surface area (Å²) in [6, 6.07) is 17.2. The summed E-state index contributed by atoms with van der Waals surface area (Å²) >= 11 is 0. The molecule has 0 radical (unpaired) electrons. The number of ether oxygens (including phenoxy) is 2. The van der Waals surface area contributed by atoms with E-state index in [2.05, 4.69) is 17.4 Å². The van der Waals surface area contributed by atoms with Crippen LogP contribution in [0.1, 0.15) is 44.7 Å². The highest BCUT2D eigenvalue weighted by molar-refractivity contribution is 5.95. The zero-order valence-electron chi connectivity index (χ0n) is 20.7. The van der Waals surface area contributed by atoms with Gasteiger partial charge in [-0.05, 0) is 57.2 Å². The Kier molecular flexibility index (Phi) is 12.3. The minimum Gasteiger partial charge on any atom is -0.351 e. The van der Waals surface area contributed by atoms with Gasteiger partial charge in [0.2, 0.25) is 11.8 Å². The van der Waals surface area contributed by atoms with Crippen molar-refractivity contribution in [1.29, 1.82) is 0 Å². The molecular weight excluding hydrogens is 430 g/mol. The van der Waals surface area contributed by atoms with Gasteiger partial charge in [-0.25, -0.2) is 0 Å². The first-order valence-electron chi connectivity index (χ1n) is 12.1. The zero-order chi connectivity index (χ0) is 24.8. The summed E-state index contributed by atoms with van der Waals surface area (Å²) in [4.78, 5) is 27.0. The van der Waals surface area contributed by atoms with Gasteiger partial charge in [0, 0.05) is 31.9 Å². The van der Waals surface area contributed by atoms with E-state index in [0.29, 0.717) is 45.6 Å². The van der Waals surface area contributed by atoms with Crippen LogP contribution < -0.4 is 11.1 Å². The molecule has 0 aliphatic rings. The monoisotopic (exact) mass is 469 g/mol. The molecule has 186 valence electrons. The van der Waals surface area contributed by atoms with Gasteiger partial charge < -0.3 is 25.4 Å². The molecule has 0 bridgehead atoms. The third kappa shape index (κ3) is 9.63.